The fourth-order valence-electron chi connectivity index (χ4n) is 2.81. The molecule has 1 unspecified atom stereocenters. The normalized spacial score (nSPS) is 11.5. The van der Waals surface area contributed by atoms with Crippen LogP contribution in [0.2, 0.25) is 0 Å². The smallest absolute Gasteiger partial charge is 0.315 e. The van der Waals surface area contributed by atoms with E-state index in [-0.39, 0.29) is 17.9 Å². The van der Waals surface area contributed by atoms with Crippen LogP contribution >= 0.6 is 0 Å². The van der Waals surface area contributed by atoms with Gasteiger partial charge in [-0.2, -0.15) is 0 Å². The van der Waals surface area contributed by atoms with Crippen LogP contribution in [0.5, 0.6) is 11.6 Å². The van der Waals surface area contributed by atoms with Crippen LogP contribution in [-0.2, 0) is 6.54 Å². The first-order valence-electron chi connectivity index (χ1n) is 8.99. The maximum atomic E-state index is 13.2. The third-order valence-electron chi connectivity index (χ3n) is 4.27. The Kier molecular flexibility index (Phi) is 6.22. The van der Waals surface area contributed by atoms with Crippen LogP contribution < -0.4 is 15.4 Å². The van der Waals surface area contributed by atoms with Gasteiger partial charge >= 0.3 is 6.03 Å². The summed E-state index contributed by atoms with van der Waals surface area (Å²) in [4.78, 5) is 16.3. The molecule has 2 N–H and O–H groups in total. The van der Waals surface area contributed by atoms with Crippen molar-refractivity contribution in [2.75, 3.05) is 0 Å². The number of aryl methyl sites for hydroxylation is 1. The Labute approximate surface area is 163 Å². The van der Waals surface area contributed by atoms with Gasteiger partial charge in [0.2, 0.25) is 5.88 Å². The van der Waals surface area contributed by atoms with Crippen LogP contribution in [0.15, 0.2) is 66.9 Å². The average Bonchev–Trinajstić information content (AvgIpc) is 2.68. The molecule has 3 rings (SSSR count). The van der Waals surface area contributed by atoms with E-state index in [4.69, 9.17) is 4.74 Å². The lowest BCUT2D eigenvalue weighted by Crippen LogP contribution is -2.36. The Morgan fingerprint density at radius 3 is 2.68 bits per heavy atom. The van der Waals surface area contributed by atoms with Gasteiger partial charge in [0, 0.05) is 24.9 Å². The van der Waals surface area contributed by atoms with Crippen molar-refractivity contribution in [2.24, 2.45) is 0 Å². The Bertz CT molecular complexity index is 945. The summed E-state index contributed by atoms with van der Waals surface area (Å²) < 4.78 is 18.7. The standard InChI is InChI=1S/C22H22FN3O2/c1-15-6-3-4-9-20(15)16(2)26-22(27)25-14-17-10-11-21(24-13-17)28-19-8-5-7-18(23)12-19/h3-13,16H,14H2,1-2H3,(H2,25,26,27). The maximum absolute atomic E-state index is 13.2. The van der Waals surface area contributed by atoms with Crippen LogP contribution in [-0.4, -0.2) is 11.0 Å². The summed E-state index contributed by atoms with van der Waals surface area (Å²) in [5, 5.41) is 5.74. The van der Waals surface area contributed by atoms with Gasteiger partial charge in [-0.1, -0.05) is 36.4 Å². The van der Waals surface area contributed by atoms with E-state index in [0.29, 0.717) is 18.2 Å². The van der Waals surface area contributed by atoms with Gasteiger partial charge in [0.25, 0.3) is 0 Å². The molecule has 1 aromatic heterocycles. The molecule has 0 saturated carbocycles. The summed E-state index contributed by atoms with van der Waals surface area (Å²) in [5.41, 5.74) is 3.04. The number of hydrogen-bond acceptors (Lipinski definition) is 3. The minimum Gasteiger partial charge on any atom is -0.439 e. The second-order valence-corrected chi connectivity index (χ2v) is 6.47. The van der Waals surface area contributed by atoms with Gasteiger partial charge in [0.05, 0.1) is 6.04 Å². The molecule has 0 saturated heterocycles. The number of carbonyl (C=O) groups excluding carboxylic acids is 1. The Morgan fingerprint density at radius 2 is 1.96 bits per heavy atom. The lowest BCUT2D eigenvalue weighted by atomic mass is 10.0. The average molecular weight is 379 g/mol. The summed E-state index contributed by atoms with van der Waals surface area (Å²) in [6, 6.07) is 16.9. The molecule has 2 amide bonds. The largest absolute Gasteiger partial charge is 0.439 e. The van der Waals surface area contributed by atoms with E-state index in [0.717, 1.165) is 16.7 Å². The lowest BCUT2D eigenvalue weighted by Gasteiger charge is -2.17. The molecule has 0 aliphatic carbocycles. The van der Waals surface area contributed by atoms with Gasteiger partial charge < -0.3 is 15.4 Å². The van der Waals surface area contributed by atoms with Crippen molar-refractivity contribution in [1.82, 2.24) is 15.6 Å². The Balaban J connectivity index is 1.50. The minimum atomic E-state index is -0.371. The summed E-state index contributed by atoms with van der Waals surface area (Å²) in [7, 11) is 0. The monoisotopic (exact) mass is 379 g/mol. The van der Waals surface area contributed by atoms with Crippen LogP contribution in [0.25, 0.3) is 0 Å². The van der Waals surface area contributed by atoms with Gasteiger partial charge in [-0.25, -0.2) is 14.2 Å². The first-order valence-corrected chi connectivity index (χ1v) is 8.99. The van der Waals surface area contributed by atoms with Crippen LogP contribution in [0.1, 0.15) is 29.7 Å². The molecule has 5 nitrogen and oxygen atoms in total. The van der Waals surface area contributed by atoms with Crippen LogP contribution in [0, 0.1) is 12.7 Å². The number of aromatic nitrogens is 1. The molecule has 0 fully saturated rings. The van der Waals surface area contributed by atoms with E-state index in [1.54, 1.807) is 30.5 Å². The van der Waals surface area contributed by atoms with Crippen molar-refractivity contribution in [2.45, 2.75) is 26.4 Å². The Morgan fingerprint density at radius 1 is 1.14 bits per heavy atom. The predicted molar refractivity (Wildman–Crippen MR) is 106 cm³/mol. The minimum absolute atomic E-state index is 0.0960. The topological polar surface area (TPSA) is 63.2 Å². The predicted octanol–water partition coefficient (Wildman–Crippen LogP) is 4.88. The highest BCUT2D eigenvalue weighted by Gasteiger charge is 2.11. The summed E-state index contributed by atoms with van der Waals surface area (Å²) in [6.07, 6.45) is 1.61. The lowest BCUT2D eigenvalue weighted by molar-refractivity contribution is 0.237. The third kappa shape index (κ3) is 5.30. The molecule has 1 atom stereocenters. The van der Waals surface area contributed by atoms with E-state index >= 15 is 0 Å². The third-order valence-corrected chi connectivity index (χ3v) is 4.27. The molecule has 0 radical (unpaired) electrons. The van der Waals surface area contributed by atoms with Gasteiger partial charge in [-0.15, -0.1) is 0 Å². The van der Waals surface area contributed by atoms with Crippen LogP contribution in [0.3, 0.4) is 0 Å². The molecule has 144 valence electrons. The fourth-order valence-corrected chi connectivity index (χ4v) is 2.81. The van der Waals surface area contributed by atoms with E-state index in [9.17, 15) is 9.18 Å². The zero-order chi connectivity index (χ0) is 19.9. The quantitative estimate of drug-likeness (QED) is 0.641. The number of carbonyl (C=O) groups is 1. The first-order chi connectivity index (χ1) is 13.5. The number of ether oxygens (including phenoxy) is 1. The number of rotatable bonds is 6. The van der Waals surface area contributed by atoms with Crippen molar-refractivity contribution >= 4 is 6.03 Å². The molecule has 0 aliphatic rings. The second-order valence-electron chi connectivity index (χ2n) is 6.47. The summed E-state index contributed by atoms with van der Waals surface area (Å²) in [6.45, 7) is 4.30. The molecule has 1 heterocycles. The second kappa shape index (κ2) is 8.99. The number of hydrogen-bond donors (Lipinski definition) is 2. The number of halogens is 1. The van der Waals surface area contributed by atoms with E-state index in [1.807, 2.05) is 38.1 Å². The number of amides is 2. The Hall–Kier alpha value is -3.41. The van der Waals surface area contributed by atoms with E-state index in [2.05, 4.69) is 15.6 Å². The van der Waals surface area contributed by atoms with E-state index < -0.39 is 0 Å². The molecular formula is C22H22FN3O2. The zero-order valence-corrected chi connectivity index (χ0v) is 15.8. The molecule has 0 spiro atoms. The number of urea groups is 1. The van der Waals surface area contributed by atoms with Gasteiger partial charge in [0.1, 0.15) is 11.6 Å². The maximum Gasteiger partial charge on any atom is 0.315 e. The number of nitrogens with one attached hydrogen (secondary N) is 2. The molecule has 0 bridgehead atoms. The van der Waals surface area contributed by atoms with Gasteiger partial charge in [0.15, 0.2) is 0 Å². The zero-order valence-electron chi connectivity index (χ0n) is 15.8. The van der Waals surface area contributed by atoms with Crippen molar-refractivity contribution in [1.29, 1.82) is 0 Å². The highest BCUT2D eigenvalue weighted by atomic mass is 19.1. The van der Waals surface area contributed by atoms with Crippen molar-refractivity contribution < 1.29 is 13.9 Å². The fraction of sp³-hybridized carbons (Fsp3) is 0.182. The van der Waals surface area contributed by atoms with Crippen molar-refractivity contribution in [3.05, 3.63) is 89.4 Å². The summed E-state index contributed by atoms with van der Waals surface area (Å²) in [5.74, 6) is 0.360. The molecule has 0 aliphatic heterocycles. The van der Waals surface area contributed by atoms with Crippen LogP contribution in [0.4, 0.5) is 9.18 Å². The molecule has 2 aromatic carbocycles. The summed E-state index contributed by atoms with van der Waals surface area (Å²) >= 11 is 0. The molecule has 3 aromatic rings. The van der Waals surface area contributed by atoms with Crippen molar-refractivity contribution in [3.8, 4) is 11.6 Å². The SMILES string of the molecule is Cc1ccccc1C(C)NC(=O)NCc1ccc(Oc2cccc(F)c2)nc1. The van der Waals surface area contributed by atoms with Gasteiger partial charge in [-0.3, -0.25) is 0 Å². The highest BCUT2D eigenvalue weighted by molar-refractivity contribution is 5.74. The molecule has 28 heavy (non-hydrogen) atoms. The van der Waals surface area contributed by atoms with E-state index in [1.165, 1.54) is 12.1 Å². The highest BCUT2D eigenvalue weighted by Crippen LogP contribution is 2.20. The van der Waals surface area contributed by atoms with Gasteiger partial charge in [-0.05, 0) is 42.7 Å². The number of benzene rings is 2. The number of nitrogens with zero attached hydrogens (tertiary/aromatic N) is 1. The number of pyridine rings is 1. The molecular weight excluding hydrogens is 357 g/mol. The van der Waals surface area contributed by atoms with Crippen molar-refractivity contribution in [3.63, 3.8) is 0 Å². The first kappa shape index (κ1) is 19.4. The molecule has 6 heteroatoms.